The van der Waals surface area contributed by atoms with Gasteiger partial charge in [-0.2, -0.15) is 0 Å². The maximum Gasteiger partial charge on any atom is 0.130 e. The molecule has 0 fully saturated rings. The average molecular weight is 344 g/mol. The van der Waals surface area contributed by atoms with Crippen LogP contribution in [-0.4, -0.2) is 0 Å². The minimum atomic E-state index is -0.594. The Morgan fingerprint density at radius 1 is 1.10 bits per heavy atom. The van der Waals surface area contributed by atoms with E-state index >= 15 is 0 Å². The second-order valence-electron chi connectivity index (χ2n) is 4.47. The van der Waals surface area contributed by atoms with Gasteiger partial charge in [0.25, 0.3) is 0 Å². The van der Waals surface area contributed by atoms with Crippen LogP contribution in [0.25, 0.3) is 0 Å². The Kier molecular flexibility index (Phi) is 4.83. The molecule has 1 nitrogen and oxygen atoms in total. The summed E-state index contributed by atoms with van der Waals surface area (Å²) in [5, 5.41) is 2.99. The highest BCUT2D eigenvalue weighted by Crippen LogP contribution is 2.22. The fraction of sp³-hybridized carbons (Fsp3) is 0.200. The summed E-state index contributed by atoms with van der Waals surface area (Å²) in [6.07, 6.45) is 0. The van der Waals surface area contributed by atoms with Crippen molar-refractivity contribution in [1.29, 1.82) is 0 Å². The van der Waals surface area contributed by atoms with Gasteiger partial charge in [0.1, 0.15) is 17.5 Å². The van der Waals surface area contributed by atoms with E-state index in [-0.39, 0.29) is 11.4 Å². The molecule has 0 amide bonds. The Labute approximate surface area is 123 Å². The summed E-state index contributed by atoms with van der Waals surface area (Å²) in [7, 11) is 0. The zero-order valence-electron chi connectivity index (χ0n) is 10.8. The molecule has 0 spiro atoms. The van der Waals surface area contributed by atoms with Crippen LogP contribution in [0.3, 0.4) is 0 Å². The van der Waals surface area contributed by atoms with E-state index < -0.39 is 17.7 Å². The zero-order valence-corrected chi connectivity index (χ0v) is 12.3. The van der Waals surface area contributed by atoms with Gasteiger partial charge in [0.15, 0.2) is 0 Å². The van der Waals surface area contributed by atoms with E-state index in [9.17, 15) is 13.2 Å². The molecule has 2 aromatic carbocycles. The van der Waals surface area contributed by atoms with Gasteiger partial charge in [-0.3, -0.25) is 0 Å². The minimum Gasteiger partial charge on any atom is -0.306 e. The van der Waals surface area contributed by atoms with Crippen LogP contribution in [0.5, 0.6) is 0 Å². The van der Waals surface area contributed by atoms with Gasteiger partial charge in [-0.05, 0) is 42.8 Å². The molecule has 0 aliphatic carbocycles. The van der Waals surface area contributed by atoms with E-state index in [0.717, 1.165) is 4.47 Å². The average Bonchev–Trinajstić information content (AvgIpc) is 2.39. The quantitative estimate of drug-likeness (QED) is 0.847. The van der Waals surface area contributed by atoms with Crippen LogP contribution in [-0.2, 0) is 6.54 Å². The van der Waals surface area contributed by atoms with Crippen LogP contribution in [0.1, 0.15) is 24.1 Å². The van der Waals surface area contributed by atoms with Crippen LogP contribution in [0.4, 0.5) is 13.2 Å². The second-order valence-corrected chi connectivity index (χ2v) is 5.33. The molecule has 1 unspecified atom stereocenters. The highest BCUT2D eigenvalue weighted by Gasteiger charge is 2.15. The lowest BCUT2D eigenvalue weighted by molar-refractivity contribution is 0.486. The van der Waals surface area contributed by atoms with Crippen molar-refractivity contribution in [3.63, 3.8) is 0 Å². The topological polar surface area (TPSA) is 12.0 Å². The first-order chi connectivity index (χ1) is 9.49. The summed E-state index contributed by atoms with van der Waals surface area (Å²) in [4.78, 5) is 0. The largest absolute Gasteiger partial charge is 0.306 e. The van der Waals surface area contributed by atoms with Gasteiger partial charge in [-0.25, -0.2) is 13.2 Å². The van der Waals surface area contributed by atoms with Crippen molar-refractivity contribution in [3.8, 4) is 0 Å². The summed E-state index contributed by atoms with van der Waals surface area (Å²) in [5.74, 6) is -1.54. The highest BCUT2D eigenvalue weighted by molar-refractivity contribution is 9.10. The van der Waals surface area contributed by atoms with Crippen molar-refractivity contribution < 1.29 is 13.2 Å². The Bertz CT molecular complexity index is 596. The van der Waals surface area contributed by atoms with Gasteiger partial charge < -0.3 is 5.32 Å². The second kappa shape index (κ2) is 6.41. The van der Waals surface area contributed by atoms with E-state index in [2.05, 4.69) is 21.2 Å². The lowest BCUT2D eigenvalue weighted by Crippen LogP contribution is -2.20. The molecular formula is C15H13BrF3N. The number of hydrogen-bond acceptors (Lipinski definition) is 1. The Balaban J connectivity index is 2.13. The Morgan fingerprint density at radius 2 is 1.75 bits per heavy atom. The summed E-state index contributed by atoms with van der Waals surface area (Å²) in [6.45, 7) is 1.96. The first-order valence-electron chi connectivity index (χ1n) is 6.10. The molecule has 0 saturated heterocycles. The molecule has 0 aliphatic rings. The summed E-state index contributed by atoms with van der Waals surface area (Å²) in [5.41, 5.74) is 0.675. The number of benzene rings is 2. The van der Waals surface area contributed by atoms with E-state index in [1.165, 1.54) is 30.3 Å². The molecule has 2 rings (SSSR count). The lowest BCUT2D eigenvalue weighted by atomic mass is 10.1. The number of halogens is 4. The van der Waals surface area contributed by atoms with E-state index in [4.69, 9.17) is 0 Å². The molecule has 2 aromatic rings. The number of hydrogen-bond donors (Lipinski definition) is 1. The van der Waals surface area contributed by atoms with Crippen LogP contribution in [0, 0.1) is 17.5 Å². The van der Waals surface area contributed by atoms with Crippen molar-refractivity contribution in [2.24, 2.45) is 0 Å². The fourth-order valence-corrected chi connectivity index (χ4v) is 2.36. The predicted molar refractivity (Wildman–Crippen MR) is 75.7 cm³/mol. The first kappa shape index (κ1) is 15.1. The maximum atomic E-state index is 13.6. The van der Waals surface area contributed by atoms with Crippen molar-refractivity contribution in [2.45, 2.75) is 19.5 Å². The van der Waals surface area contributed by atoms with Gasteiger partial charge in [-0.15, -0.1) is 0 Å². The first-order valence-corrected chi connectivity index (χ1v) is 6.89. The molecular weight excluding hydrogens is 331 g/mol. The molecule has 0 radical (unpaired) electrons. The van der Waals surface area contributed by atoms with Gasteiger partial charge in [-0.1, -0.05) is 22.0 Å². The van der Waals surface area contributed by atoms with Gasteiger partial charge in [0, 0.05) is 22.6 Å². The molecule has 0 saturated carbocycles. The van der Waals surface area contributed by atoms with E-state index in [1.54, 1.807) is 13.0 Å². The molecule has 1 atom stereocenters. The van der Waals surface area contributed by atoms with Gasteiger partial charge >= 0.3 is 0 Å². The molecule has 5 heteroatoms. The van der Waals surface area contributed by atoms with E-state index in [1.807, 2.05) is 0 Å². The normalized spacial score (nSPS) is 12.4. The smallest absolute Gasteiger partial charge is 0.130 e. The van der Waals surface area contributed by atoms with Crippen LogP contribution in [0.15, 0.2) is 40.9 Å². The Morgan fingerprint density at radius 3 is 2.40 bits per heavy atom. The summed E-state index contributed by atoms with van der Waals surface area (Å²) < 4.78 is 41.1. The molecule has 1 N–H and O–H groups in total. The molecule has 106 valence electrons. The summed E-state index contributed by atoms with van der Waals surface area (Å²) >= 11 is 3.31. The number of nitrogens with one attached hydrogen (secondary N) is 1. The van der Waals surface area contributed by atoms with Crippen molar-refractivity contribution in [1.82, 2.24) is 5.32 Å². The third-order valence-electron chi connectivity index (χ3n) is 3.04. The lowest BCUT2D eigenvalue weighted by Gasteiger charge is -2.16. The standard InChI is InChI=1S/C15H13BrF3N/c1-9(15-13(18)3-2-4-14(15)19)20-8-10-7-11(17)5-6-12(10)16/h2-7,9,20H,8H2,1H3. The van der Waals surface area contributed by atoms with E-state index in [0.29, 0.717) is 12.1 Å². The summed E-state index contributed by atoms with van der Waals surface area (Å²) in [6, 6.07) is 7.55. The third kappa shape index (κ3) is 3.41. The van der Waals surface area contributed by atoms with Crippen LogP contribution < -0.4 is 5.32 Å². The van der Waals surface area contributed by atoms with Gasteiger partial charge in [0.2, 0.25) is 0 Å². The van der Waals surface area contributed by atoms with Crippen molar-refractivity contribution >= 4 is 15.9 Å². The van der Waals surface area contributed by atoms with Crippen molar-refractivity contribution in [3.05, 3.63) is 69.4 Å². The molecule has 20 heavy (non-hydrogen) atoms. The Hall–Kier alpha value is -1.33. The van der Waals surface area contributed by atoms with Crippen LogP contribution >= 0.6 is 15.9 Å². The SMILES string of the molecule is CC(NCc1cc(F)ccc1Br)c1c(F)cccc1F. The highest BCUT2D eigenvalue weighted by atomic mass is 79.9. The van der Waals surface area contributed by atoms with Gasteiger partial charge in [0.05, 0.1) is 0 Å². The minimum absolute atomic E-state index is 0.0139. The zero-order chi connectivity index (χ0) is 14.7. The van der Waals surface area contributed by atoms with Crippen LogP contribution in [0.2, 0.25) is 0 Å². The third-order valence-corrected chi connectivity index (χ3v) is 3.81. The fourth-order valence-electron chi connectivity index (χ4n) is 1.97. The molecule has 0 heterocycles. The molecule has 0 aromatic heterocycles. The number of rotatable bonds is 4. The molecule has 0 aliphatic heterocycles. The van der Waals surface area contributed by atoms with Crippen molar-refractivity contribution in [2.75, 3.05) is 0 Å². The molecule has 0 bridgehead atoms. The maximum absolute atomic E-state index is 13.6. The monoisotopic (exact) mass is 343 g/mol. The predicted octanol–water partition coefficient (Wildman–Crippen LogP) is 4.72.